The van der Waals surface area contributed by atoms with E-state index in [-0.39, 0.29) is 30.6 Å². The van der Waals surface area contributed by atoms with Gasteiger partial charge < -0.3 is 10.5 Å². The highest BCUT2D eigenvalue weighted by Crippen LogP contribution is 1.90. The van der Waals surface area contributed by atoms with Crippen LogP contribution in [0.5, 0.6) is 0 Å². The van der Waals surface area contributed by atoms with E-state index in [0.29, 0.717) is 13.0 Å². The average Bonchev–Trinajstić information content (AvgIpc) is 1.85. The third kappa shape index (κ3) is 9.23. The summed E-state index contributed by atoms with van der Waals surface area (Å²) in [6, 6.07) is 0. The Labute approximate surface area is 72.0 Å². The quantitative estimate of drug-likeness (QED) is 0.380. The predicted molar refractivity (Wildman–Crippen MR) is 45.0 cm³/mol. The predicted octanol–water partition coefficient (Wildman–Crippen LogP) is 0.687. The Bertz CT molecular complexity index is 139. The molecule has 0 aliphatic heterocycles. The summed E-state index contributed by atoms with van der Waals surface area (Å²) in [5, 5.41) is 6.79. The van der Waals surface area contributed by atoms with E-state index < -0.39 is 0 Å². The SMILES string of the molecule is CCOC(=O)CCC(=N)N.Cl. The van der Waals surface area contributed by atoms with E-state index in [1.807, 2.05) is 0 Å². The molecule has 4 nitrogen and oxygen atoms in total. The summed E-state index contributed by atoms with van der Waals surface area (Å²) in [4.78, 5) is 10.6. The van der Waals surface area contributed by atoms with Gasteiger partial charge in [-0.3, -0.25) is 10.2 Å². The zero-order chi connectivity index (χ0) is 7.98. The molecule has 0 aromatic carbocycles. The smallest absolute Gasteiger partial charge is 0.306 e. The fourth-order valence-corrected chi connectivity index (χ4v) is 0.470. The molecule has 5 heteroatoms. The number of hydrogen-bond acceptors (Lipinski definition) is 3. The molecule has 0 saturated carbocycles. The molecule has 0 unspecified atom stereocenters. The van der Waals surface area contributed by atoms with E-state index in [1.54, 1.807) is 6.92 Å². The molecule has 0 atom stereocenters. The molecule has 0 saturated heterocycles. The number of nitrogens with two attached hydrogens (primary N) is 1. The van der Waals surface area contributed by atoms with Gasteiger partial charge in [0.05, 0.1) is 18.9 Å². The number of esters is 1. The van der Waals surface area contributed by atoms with Gasteiger partial charge in [0.15, 0.2) is 0 Å². The lowest BCUT2D eigenvalue weighted by atomic mass is 10.3. The normalized spacial score (nSPS) is 8.09. The summed E-state index contributed by atoms with van der Waals surface area (Å²) in [5.74, 6) is -0.272. The van der Waals surface area contributed by atoms with Crippen LogP contribution in [0.25, 0.3) is 0 Å². The third-order valence-corrected chi connectivity index (χ3v) is 0.904. The Balaban J connectivity index is 0. The molecule has 11 heavy (non-hydrogen) atoms. The summed E-state index contributed by atoms with van der Waals surface area (Å²) < 4.78 is 4.60. The highest BCUT2D eigenvalue weighted by molar-refractivity contribution is 5.85. The van der Waals surface area contributed by atoms with E-state index in [1.165, 1.54) is 0 Å². The van der Waals surface area contributed by atoms with Crippen LogP contribution in [0.3, 0.4) is 0 Å². The van der Waals surface area contributed by atoms with E-state index >= 15 is 0 Å². The zero-order valence-electron chi connectivity index (χ0n) is 6.42. The molecule has 0 heterocycles. The van der Waals surface area contributed by atoms with E-state index in [2.05, 4.69) is 4.74 Å². The van der Waals surface area contributed by atoms with Gasteiger partial charge in [-0.1, -0.05) is 0 Å². The Morgan fingerprint density at radius 1 is 1.55 bits per heavy atom. The molecule has 0 aromatic heterocycles. The van der Waals surface area contributed by atoms with E-state index in [9.17, 15) is 4.79 Å². The molecular weight excluding hydrogens is 168 g/mol. The maximum absolute atomic E-state index is 10.6. The fourth-order valence-electron chi connectivity index (χ4n) is 0.470. The van der Waals surface area contributed by atoms with Gasteiger partial charge in [0.2, 0.25) is 0 Å². The number of ether oxygens (including phenoxy) is 1. The van der Waals surface area contributed by atoms with Gasteiger partial charge in [0.25, 0.3) is 0 Å². The van der Waals surface area contributed by atoms with Crippen molar-refractivity contribution < 1.29 is 9.53 Å². The summed E-state index contributed by atoms with van der Waals surface area (Å²) in [7, 11) is 0. The number of nitrogens with one attached hydrogen (secondary N) is 1. The van der Waals surface area contributed by atoms with Crippen LogP contribution in [0, 0.1) is 5.41 Å². The lowest BCUT2D eigenvalue weighted by molar-refractivity contribution is -0.142. The minimum atomic E-state index is -0.294. The van der Waals surface area contributed by atoms with Crippen LogP contribution in [0.2, 0.25) is 0 Å². The number of carbonyl (C=O) groups excluding carboxylic acids is 1. The number of hydrogen-bond donors (Lipinski definition) is 2. The van der Waals surface area contributed by atoms with Crippen LogP contribution in [0.15, 0.2) is 0 Å². The average molecular weight is 181 g/mol. The number of halogens is 1. The molecule has 0 aromatic rings. The van der Waals surface area contributed by atoms with Crippen molar-refractivity contribution in [3.05, 3.63) is 0 Å². The lowest BCUT2D eigenvalue weighted by Crippen LogP contribution is -2.13. The first kappa shape index (κ1) is 12.9. The van der Waals surface area contributed by atoms with Crippen molar-refractivity contribution in [2.24, 2.45) is 5.73 Å². The lowest BCUT2D eigenvalue weighted by Gasteiger charge is -1.98. The molecule has 0 radical (unpaired) electrons. The van der Waals surface area contributed by atoms with Crippen molar-refractivity contribution in [2.45, 2.75) is 19.8 Å². The highest BCUT2D eigenvalue weighted by atomic mass is 35.5. The molecular formula is C6H13ClN2O2. The van der Waals surface area contributed by atoms with Gasteiger partial charge in [-0.15, -0.1) is 12.4 Å². The van der Waals surface area contributed by atoms with Crippen LogP contribution in [0.1, 0.15) is 19.8 Å². The fraction of sp³-hybridized carbons (Fsp3) is 0.667. The van der Waals surface area contributed by atoms with Crippen molar-refractivity contribution in [1.82, 2.24) is 0 Å². The van der Waals surface area contributed by atoms with Gasteiger partial charge in [-0.05, 0) is 6.92 Å². The van der Waals surface area contributed by atoms with Crippen molar-refractivity contribution in [1.29, 1.82) is 5.41 Å². The number of carbonyl (C=O) groups is 1. The van der Waals surface area contributed by atoms with E-state index in [0.717, 1.165) is 0 Å². The number of rotatable bonds is 4. The maximum Gasteiger partial charge on any atom is 0.306 e. The van der Waals surface area contributed by atoms with Crippen LogP contribution in [-0.4, -0.2) is 18.4 Å². The number of amidine groups is 1. The molecule has 0 aliphatic carbocycles. The Kier molecular flexibility index (Phi) is 8.58. The zero-order valence-corrected chi connectivity index (χ0v) is 7.24. The van der Waals surface area contributed by atoms with Gasteiger partial charge in [-0.25, -0.2) is 0 Å². The van der Waals surface area contributed by atoms with Crippen molar-refractivity contribution in [3.63, 3.8) is 0 Å². The first-order chi connectivity index (χ1) is 4.66. The monoisotopic (exact) mass is 180 g/mol. The van der Waals surface area contributed by atoms with Crippen molar-refractivity contribution in [2.75, 3.05) is 6.61 Å². The van der Waals surface area contributed by atoms with Crippen molar-refractivity contribution in [3.8, 4) is 0 Å². The molecule has 3 N–H and O–H groups in total. The van der Waals surface area contributed by atoms with Crippen LogP contribution in [0.4, 0.5) is 0 Å². The van der Waals surface area contributed by atoms with E-state index in [4.69, 9.17) is 11.1 Å². The van der Waals surface area contributed by atoms with Gasteiger partial charge in [-0.2, -0.15) is 0 Å². The Morgan fingerprint density at radius 2 is 2.09 bits per heavy atom. The first-order valence-corrected chi connectivity index (χ1v) is 3.15. The molecule has 0 aliphatic rings. The largest absolute Gasteiger partial charge is 0.466 e. The summed E-state index contributed by atoms with van der Waals surface area (Å²) in [6.07, 6.45) is 0.502. The standard InChI is InChI=1S/C6H12N2O2.ClH/c1-2-10-6(9)4-3-5(7)8;/h2-4H2,1H3,(H3,7,8);1H. The van der Waals surface area contributed by atoms with Crippen molar-refractivity contribution >= 4 is 24.2 Å². The van der Waals surface area contributed by atoms with Crippen LogP contribution in [-0.2, 0) is 9.53 Å². The topological polar surface area (TPSA) is 76.2 Å². The van der Waals surface area contributed by atoms with Gasteiger partial charge in [0, 0.05) is 6.42 Å². The minimum Gasteiger partial charge on any atom is -0.466 e. The summed E-state index contributed by atoms with van der Waals surface area (Å²) >= 11 is 0. The summed E-state index contributed by atoms with van der Waals surface area (Å²) in [6.45, 7) is 2.13. The molecule has 0 amide bonds. The minimum absolute atomic E-state index is 0. The molecule has 0 bridgehead atoms. The van der Waals surface area contributed by atoms with Crippen LogP contribution >= 0.6 is 12.4 Å². The molecule has 0 fully saturated rings. The molecule has 0 rings (SSSR count). The van der Waals surface area contributed by atoms with Crippen LogP contribution < -0.4 is 5.73 Å². The second kappa shape index (κ2) is 7.34. The Hall–Kier alpha value is -0.770. The molecule has 0 spiro atoms. The first-order valence-electron chi connectivity index (χ1n) is 3.15. The maximum atomic E-state index is 10.6. The summed E-state index contributed by atoms with van der Waals surface area (Å²) in [5.41, 5.74) is 5.01. The Morgan fingerprint density at radius 3 is 2.45 bits per heavy atom. The van der Waals surface area contributed by atoms with Gasteiger partial charge >= 0.3 is 5.97 Å². The second-order valence-corrected chi connectivity index (χ2v) is 1.83. The molecule has 66 valence electrons. The van der Waals surface area contributed by atoms with Gasteiger partial charge in [0.1, 0.15) is 0 Å². The second-order valence-electron chi connectivity index (χ2n) is 1.83. The third-order valence-electron chi connectivity index (χ3n) is 0.904. The highest BCUT2D eigenvalue weighted by Gasteiger charge is 2.00.